The summed E-state index contributed by atoms with van der Waals surface area (Å²) in [5.41, 5.74) is 1.20. The van der Waals surface area contributed by atoms with Gasteiger partial charge < -0.3 is 0 Å². The van der Waals surface area contributed by atoms with Gasteiger partial charge in [0.2, 0.25) is 0 Å². The zero-order chi connectivity index (χ0) is 9.52. The number of hydrogen-bond donors (Lipinski definition) is 0. The summed E-state index contributed by atoms with van der Waals surface area (Å²) in [6.45, 7) is 0. The van der Waals surface area contributed by atoms with Crippen LogP contribution in [0.2, 0.25) is 0 Å². The van der Waals surface area contributed by atoms with Gasteiger partial charge in [-0.05, 0) is 11.6 Å². The molecule has 0 radical (unpaired) electrons. The van der Waals surface area contributed by atoms with Crippen molar-refractivity contribution in [3.05, 3.63) is 52.5 Å². The van der Waals surface area contributed by atoms with E-state index in [4.69, 9.17) is 0 Å². The van der Waals surface area contributed by atoms with Gasteiger partial charge in [-0.3, -0.25) is 0 Å². The second-order valence-corrected chi connectivity index (χ2v) is 4.06. The summed E-state index contributed by atoms with van der Waals surface area (Å²) in [4.78, 5) is 0. The van der Waals surface area contributed by atoms with Crippen molar-refractivity contribution in [2.24, 2.45) is 0 Å². The van der Waals surface area contributed by atoms with Crippen LogP contribution in [-0.2, 0) is 0 Å². The lowest BCUT2D eigenvalue weighted by Gasteiger charge is -1.92. The van der Waals surface area contributed by atoms with E-state index in [-0.39, 0.29) is 0 Å². The molecule has 0 unspecified atom stereocenters. The second kappa shape index (κ2) is 6.17. The van der Waals surface area contributed by atoms with Gasteiger partial charge in [0, 0.05) is 9.81 Å². The van der Waals surface area contributed by atoms with E-state index in [1.54, 1.807) is 0 Å². The molecule has 1 rings (SSSR count). The topological polar surface area (TPSA) is 0 Å². The number of allylic oxidation sites excluding steroid dienone is 3. The summed E-state index contributed by atoms with van der Waals surface area (Å²) in [5.74, 6) is 0. The third-order valence-electron chi connectivity index (χ3n) is 1.47. The Bertz CT molecular complexity index is 299. The third-order valence-corrected chi connectivity index (χ3v) is 2.34. The smallest absolute Gasteiger partial charge is 0.0215 e. The van der Waals surface area contributed by atoms with E-state index in [1.807, 2.05) is 30.4 Å². The molecule has 0 aromatic heterocycles. The Hall–Kier alpha value is -0.340. The van der Waals surface area contributed by atoms with E-state index < -0.39 is 0 Å². The number of halogens is 2. The fourth-order valence-corrected chi connectivity index (χ4v) is 1.55. The van der Waals surface area contributed by atoms with Crippen molar-refractivity contribution in [2.45, 2.75) is 0 Å². The molecule has 2 heteroatoms. The first-order chi connectivity index (χ1) is 6.33. The van der Waals surface area contributed by atoms with E-state index >= 15 is 0 Å². The predicted molar refractivity (Wildman–Crippen MR) is 66.3 cm³/mol. The van der Waals surface area contributed by atoms with Crippen LogP contribution in [0.25, 0.3) is 6.08 Å². The summed E-state index contributed by atoms with van der Waals surface area (Å²) in [6.07, 6.45) is 6.16. The van der Waals surface area contributed by atoms with Gasteiger partial charge in [-0.1, -0.05) is 74.3 Å². The van der Waals surface area contributed by atoms with Crippen molar-refractivity contribution < 1.29 is 0 Å². The van der Waals surface area contributed by atoms with Crippen LogP contribution in [-0.4, -0.2) is 5.33 Å². The zero-order valence-electron chi connectivity index (χ0n) is 7.08. The number of hydrogen-bond acceptors (Lipinski definition) is 0. The Labute approximate surface area is 95.6 Å². The molecule has 0 saturated carbocycles. The fraction of sp³-hybridized carbons (Fsp3) is 0.0909. The highest BCUT2D eigenvalue weighted by molar-refractivity contribution is 9.12. The Morgan fingerprint density at radius 3 is 2.54 bits per heavy atom. The lowest BCUT2D eigenvalue weighted by atomic mass is 10.2. The molecule has 0 fully saturated rings. The second-order valence-electron chi connectivity index (χ2n) is 2.50. The van der Waals surface area contributed by atoms with Crippen LogP contribution in [0.1, 0.15) is 5.56 Å². The zero-order valence-corrected chi connectivity index (χ0v) is 10.3. The minimum atomic E-state index is 0.880. The van der Waals surface area contributed by atoms with Gasteiger partial charge in [-0.15, -0.1) is 0 Å². The van der Waals surface area contributed by atoms with Crippen molar-refractivity contribution in [1.82, 2.24) is 0 Å². The van der Waals surface area contributed by atoms with Crippen LogP contribution in [0.3, 0.4) is 0 Å². The quantitative estimate of drug-likeness (QED) is 0.574. The SMILES string of the molecule is BrC/C=C/C(Br)=C\c1ccccc1. The molecule has 0 bridgehead atoms. The fourth-order valence-electron chi connectivity index (χ4n) is 0.914. The first-order valence-electron chi connectivity index (χ1n) is 3.97. The van der Waals surface area contributed by atoms with E-state index in [9.17, 15) is 0 Å². The van der Waals surface area contributed by atoms with Crippen molar-refractivity contribution in [3.8, 4) is 0 Å². The molecule has 0 atom stereocenters. The molecular formula is C11H10Br2. The van der Waals surface area contributed by atoms with Gasteiger partial charge in [0.25, 0.3) is 0 Å². The van der Waals surface area contributed by atoms with Crippen molar-refractivity contribution in [2.75, 3.05) is 5.33 Å². The molecule has 1 aromatic rings. The Kier molecular flexibility index (Phi) is 5.09. The molecule has 0 amide bonds. The minimum absolute atomic E-state index is 0.880. The molecule has 0 aliphatic heterocycles. The molecule has 1 aromatic carbocycles. The average Bonchev–Trinajstić information content (AvgIpc) is 2.16. The molecule has 13 heavy (non-hydrogen) atoms. The van der Waals surface area contributed by atoms with Crippen LogP contribution in [0, 0.1) is 0 Å². The molecule has 0 saturated heterocycles. The van der Waals surface area contributed by atoms with Crippen LogP contribution in [0.4, 0.5) is 0 Å². The van der Waals surface area contributed by atoms with Crippen LogP contribution >= 0.6 is 31.9 Å². The highest BCUT2D eigenvalue weighted by atomic mass is 79.9. The van der Waals surface area contributed by atoms with E-state index in [0.29, 0.717) is 0 Å². The number of rotatable bonds is 3. The number of benzene rings is 1. The van der Waals surface area contributed by atoms with Gasteiger partial charge in [-0.25, -0.2) is 0 Å². The van der Waals surface area contributed by atoms with Crippen LogP contribution in [0.15, 0.2) is 47.0 Å². The Morgan fingerprint density at radius 2 is 1.92 bits per heavy atom. The number of alkyl halides is 1. The standard InChI is InChI=1S/C11H10Br2/c12-8-4-7-11(13)9-10-5-2-1-3-6-10/h1-7,9H,8H2/b7-4+,11-9+. The molecule has 0 N–H and O–H groups in total. The largest absolute Gasteiger partial charge is 0.0883 e. The Balaban J connectivity index is 2.71. The van der Waals surface area contributed by atoms with Gasteiger partial charge in [0.15, 0.2) is 0 Å². The summed E-state index contributed by atoms with van der Waals surface area (Å²) in [5, 5.41) is 0.880. The minimum Gasteiger partial charge on any atom is -0.0883 e. The summed E-state index contributed by atoms with van der Waals surface area (Å²) in [6, 6.07) is 10.2. The van der Waals surface area contributed by atoms with Gasteiger partial charge in [0.1, 0.15) is 0 Å². The maximum absolute atomic E-state index is 3.47. The molecule has 0 aliphatic rings. The highest BCUT2D eigenvalue weighted by Crippen LogP contribution is 2.13. The summed E-state index contributed by atoms with van der Waals surface area (Å²) in [7, 11) is 0. The highest BCUT2D eigenvalue weighted by Gasteiger charge is 1.86. The molecular weight excluding hydrogens is 292 g/mol. The average molecular weight is 302 g/mol. The monoisotopic (exact) mass is 300 g/mol. The molecule has 0 nitrogen and oxygen atoms in total. The van der Waals surface area contributed by atoms with E-state index in [0.717, 1.165) is 9.81 Å². The first kappa shape index (κ1) is 10.7. The maximum atomic E-state index is 3.47. The van der Waals surface area contributed by atoms with Gasteiger partial charge in [-0.2, -0.15) is 0 Å². The van der Waals surface area contributed by atoms with Crippen LogP contribution in [0.5, 0.6) is 0 Å². The molecule has 68 valence electrons. The first-order valence-corrected chi connectivity index (χ1v) is 5.89. The molecule has 0 aliphatic carbocycles. The van der Waals surface area contributed by atoms with Crippen molar-refractivity contribution in [3.63, 3.8) is 0 Å². The summed E-state index contributed by atoms with van der Waals surface area (Å²) >= 11 is 6.80. The molecule has 0 spiro atoms. The third kappa shape index (κ3) is 4.44. The van der Waals surface area contributed by atoms with E-state index in [1.165, 1.54) is 5.56 Å². The lowest BCUT2D eigenvalue weighted by molar-refractivity contribution is 1.65. The van der Waals surface area contributed by atoms with Gasteiger partial charge in [0.05, 0.1) is 0 Å². The normalized spacial score (nSPS) is 12.3. The Morgan fingerprint density at radius 1 is 1.23 bits per heavy atom. The predicted octanol–water partition coefficient (Wildman–Crippen LogP) is 4.37. The summed E-state index contributed by atoms with van der Waals surface area (Å²) < 4.78 is 1.08. The van der Waals surface area contributed by atoms with E-state index in [2.05, 4.69) is 50.1 Å². The lowest BCUT2D eigenvalue weighted by Crippen LogP contribution is -1.70. The van der Waals surface area contributed by atoms with Crippen molar-refractivity contribution in [1.29, 1.82) is 0 Å². The van der Waals surface area contributed by atoms with Crippen LogP contribution < -0.4 is 0 Å². The van der Waals surface area contributed by atoms with Crippen molar-refractivity contribution >= 4 is 37.9 Å². The maximum Gasteiger partial charge on any atom is 0.0215 e. The van der Waals surface area contributed by atoms with Gasteiger partial charge >= 0.3 is 0 Å². The molecule has 0 heterocycles.